The van der Waals surface area contributed by atoms with Crippen LogP contribution in [0.4, 0.5) is 0 Å². The molecule has 0 radical (unpaired) electrons. The highest BCUT2D eigenvalue weighted by Crippen LogP contribution is 2.27. The number of carbonyl (C=O) groups is 4. The Labute approximate surface area is 155 Å². The average molecular weight is 358 g/mol. The van der Waals surface area contributed by atoms with E-state index in [-0.39, 0.29) is 11.1 Å². The molecule has 0 saturated heterocycles. The Morgan fingerprint density at radius 1 is 0.556 bits per heavy atom. The van der Waals surface area contributed by atoms with Crippen LogP contribution in [0.1, 0.15) is 11.1 Å². The van der Waals surface area contributed by atoms with Gasteiger partial charge in [-0.2, -0.15) is 0 Å². The molecule has 27 heavy (non-hydrogen) atoms. The van der Waals surface area contributed by atoms with Gasteiger partial charge in [-0.1, -0.05) is 60.7 Å². The van der Waals surface area contributed by atoms with Crippen molar-refractivity contribution in [1.29, 1.82) is 0 Å². The molecule has 0 atom stereocenters. The first-order chi connectivity index (χ1) is 13.1. The maximum absolute atomic E-state index is 12.6. The van der Waals surface area contributed by atoms with Crippen LogP contribution >= 0.6 is 0 Å². The number of amides is 4. The summed E-state index contributed by atoms with van der Waals surface area (Å²) in [7, 11) is 0. The summed E-state index contributed by atoms with van der Waals surface area (Å²) in [6.45, 7) is -0.408. The van der Waals surface area contributed by atoms with E-state index in [1.54, 1.807) is 60.7 Å². The summed E-state index contributed by atoms with van der Waals surface area (Å²) in [4.78, 5) is 51.7. The van der Waals surface area contributed by atoms with Gasteiger partial charge in [-0.15, -0.1) is 0 Å². The Bertz CT molecular complexity index is 939. The van der Waals surface area contributed by atoms with Crippen LogP contribution in [0.15, 0.2) is 72.8 Å². The highest BCUT2D eigenvalue weighted by atomic mass is 16.2. The third kappa shape index (κ3) is 2.87. The Kier molecular flexibility index (Phi) is 4.01. The summed E-state index contributed by atoms with van der Waals surface area (Å²) in [6, 6.07) is 17.6. The number of imide groups is 2. The smallest absolute Gasteiger partial charge is 0.263 e. The Morgan fingerprint density at radius 2 is 0.926 bits per heavy atom. The maximum Gasteiger partial charge on any atom is 0.263 e. The molecule has 0 bridgehead atoms. The number of benzene rings is 2. The van der Waals surface area contributed by atoms with Crippen molar-refractivity contribution in [2.75, 3.05) is 6.67 Å². The van der Waals surface area contributed by atoms with E-state index in [2.05, 4.69) is 0 Å². The first kappa shape index (κ1) is 16.7. The molecule has 0 aromatic heterocycles. The van der Waals surface area contributed by atoms with Crippen molar-refractivity contribution in [3.05, 3.63) is 83.9 Å². The van der Waals surface area contributed by atoms with Gasteiger partial charge in [0, 0.05) is 12.2 Å². The van der Waals surface area contributed by atoms with Crippen molar-refractivity contribution in [2.24, 2.45) is 0 Å². The molecule has 6 heteroatoms. The second-order valence-electron chi connectivity index (χ2n) is 6.13. The number of carbonyl (C=O) groups excluding carboxylic acids is 4. The molecule has 6 nitrogen and oxygen atoms in total. The van der Waals surface area contributed by atoms with E-state index < -0.39 is 30.3 Å². The largest absolute Gasteiger partial charge is 0.269 e. The van der Waals surface area contributed by atoms with Gasteiger partial charge in [0.1, 0.15) is 6.67 Å². The summed E-state index contributed by atoms with van der Waals surface area (Å²) in [5, 5.41) is 0. The van der Waals surface area contributed by atoms with Gasteiger partial charge in [-0.25, -0.2) is 0 Å². The molecule has 0 spiro atoms. The minimum Gasteiger partial charge on any atom is -0.269 e. The van der Waals surface area contributed by atoms with Crippen molar-refractivity contribution in [3.8, 4) is 0 Å². The van der Waals surface area contributed by atoms with Crippen molar-refractivity contribution < 1.29 is 19.2 Å². The first-order valence-electron chi connectivity index (χ1n) is 8.32. The van der Waals surface area contributed by atoms with Crippen molar-refractivity contribution in [2.45, 2.75) is 0 Å². The van der Waals surface area contributed by atoms with Gasteiger partial charge in [-0.3, -0.25) is 29.0 Å². The fraction of sp³-hybridized carbons (Fsp3) is 0.0476. The van der Waals surface area contributed by atoms with E-state index in [1.165, 1.54) is 12.2 Å². The van der Waals surface area contributed by atoms with Crippen molar-refractivity contribution >= 4 is 34.8 Å². The molecule has 2 aromatic carbocycles. The molecule has 4 amide bonds. The normalized spacial score (nSPS) is 16.9. The molecule has 2 aromatic rings. The highest BCUT2D eigenvalue weighted by molar-refractivity contribution is 6.35. The van der Waals surface area contributed by atoms with E-state index >= 15 is 0 Å². The monoisotopic (exact) mass is 358 g/mol. The highest BCUT2D eigenvalue weighted by Gasteiger charge is 2.38. The number of hydrogen-bond donors (Lipinski definition) is 0. The SMILES string of the molecule is O=C1C=C(c2ccccc2)C(=O)N1CN1C(=O)C=C(c2ccccc2)C1=O. The van der Waals surface area contributed by atoms with Gasteiger partial charge in [0.05, 0.1) is 11.1 Å². The lowest BCUT2D eigenvalue weighted by Crippen LogP contribution is -2.44. The van der Waals surface area contributed by atoms with Crippen LogP contribution in [0, 0.1) is 0 Å². The fourth-order valence-electron chi connectivity index (χ4n) is 3.08. The summed E-state index contributed by atoms with van der Waals surface area (Å²) < 4.78 is 0. The first-order valence-corrected chi connectivity index (χ1v) is 8.32. The predicted molar refractivity (Wildman–Crippen MR) is 97.4 cm³/mol. The van der Waals surface area contributed by atoms with Gasteiger partial charge < -0.3 is 0 Å². The minimum absolute atomic E-state index is 0.246. The lowest BCUT2D eigenvalue weighted by Gasteiger charge is -2.22. The molecule has 0 saturated carbocycles. The average Bonchev–Trinajstić information content (AvgIpc) is 3.14. The third-order valence-corrected chi connectivity index (χ3v) is 4.47. The molecule has 132 valence electrons. The van der Waals surface area contributed by atoms with Gasteiger partial charge in [-0.05, 0) is 11.1 Å². The molecule has 4 rings (SSSR count). The van der Waals surface area contributed by atoms with Crippen LogP contribution in [-0.4, -0.2) is 40.1 Å². The topological polar surface area (TPSA) is 74.8 Å². The summed E-state index contributed by atoms with van der Waals surface area (Å²) in [6.07, 6.45) is 2.46. The Hall–Kier alpha value is -3.80. The van der Waals surface area contributed by atoms with E-state index in [0.29, 0.717) is 11.1 Å². The fourth-order valence-corrected chi connectivity index (χ4v) is 3.08. The molecule has 2 aliphatic heterocycles. The minimum atomic E-state index is -0.549. The summed E-state index contributed by atoms with van der Waals surface area (Å²) in [5.74, 6) is -2.15. The van der Waals surface area contributed by atoms with Crippen LogP contribution in [-0.2, 0) is 19.2 Å². The summed E-state index contributed by atoms with van der Waals surface area (Å²) >= 11 is 0. The van der Waals surface area contributed by atoms with Crippen molar-refractivity contribution in [1.82, 2.24) is 9.80 Å². The molecular formula is C21H14N2O4. The van der Waals surface area contributed by atoms with Gasteiger partial charge in [0.2, 0.25) is 0 Å². The molecular weight excluding hydrogens is 344 g/mol. The zero-order valence-electron chi connectivity index (χ0n) is 14.2. The number of rotatable bonds is 4. The van der Waals surface area contributed by atoms with Crippen LogP contribution in [0.3, 0.4) is 0 Å². The van der Waals surface area contributed by atoms with Crippen LogP contribution in [0.2, 0.25) is 0 Å². The third-order valence-electron chi connectivity index (χ3n) is 4.47. The number of nitrogens with zero attached hydrogens (tertiary/aromatic N) is 2. The van der Waals surface area contributed by atoms with Crippen LogP contribution in [0.5, 0.6) is 0 Å². The van der Waals surface area contributed by atoms with E-state index in [9.17, 15) is 19.2 Å². The van der Waals surface area contributed by atoms with Crippen LogP contribution in [0.25, 0.3) is 11.1 Å². The van der Waals surface area contributed by atoms with Gasteiger partial charge in [0.15, 0.2) is 0 Å². The zero-order valence-corrected chi connectivity index (χ0v) is 14.2. The Morgan fingerprint density at radius 3 is 1.30 bits per heavy atom. The van der Waals surface area contributed by atoms with Crippen molar-refractivity contribution in [3.63, 3.8) is 0 Å². The van der Waals surface area contributed by atoms with E-state index in [1.807, 2.05) is 0 Å². The molecule has 0 aliphatic carbocycles. The van der Waals surface area contributed by atoms with E-state index in [4.69, 9.17) is 0 Å². The molecule has 2 heterocycles. The lowest BCUT2D eigenvalue weighted by molar-refractivity contribution is -0.145. The van der Waals surface area contributed by atoms with Gasteiger partial charge in [0.25, 0.3) is 23.6 Å². The number of hydrogen-bond acceptors (Lipinski definition) is 4. The summed E-state index contributed by atoms with van der Waals surface area (Å²) in [5.41, 5.74) is 1.72. The molecule has 0 N–H and O–H groups in total. The standard InChI is InChI=1S/C21H14N2O4/c24-18-11-16(14-7-3-1-4-8-14)20(26)22(18)13-23-19(25)12-17(21(23)27)15-9-5-2-6-10-15/h1-12H,13H2. The second-order valence-corrected chi connectivity index (χ2v) is 6.13. The zero-order chi connectivity index (χ0) is 19.0. The molecule has 2 aliphatic rings. The van der Waals surface area contributed by atoms with E-state index in [0.717, 1.165) is 9.80 Å². The Balaban J connectivity index is 1.54. The quantitative estimate of drug-likeness (QED) is 0.782. The lowest BCUT2D eigenvalue weighted by atomic mass is 10.1. The maximum atomic E-state index is 12.6. The van der Waals surface area contributed by atoms with Crippen LogP contribution < -0.4 is 0 Å². The second kappa shape index (κ2) is 6.49. The predicted octanol–water partition coefficient (Wildman–Crippen LogP) is 1.85. The molecule has 0 unspecified atom stereocenters. The molecule has 0 fully saturated rings. The van der Waals surface area contributed by atoms with Gasteiger partial charge >= 0.3 is 0 Å².